The van der Waals surface area contributed by atoms with Gasteiger partial charge in [0.15, 0.2) is 0 Å². The Labute approximate surface area is 137 Å². The lowest BCUT2D eigenvalue weighted by molar-refractivity contribution is 0.153. The first-order chi connectivity index (χ1) is 11.2. The molecule has 0 radical (unpaired) electrons. The zero-order chi connectivity index (χ0) is 16.2. The maximum atomic E-state index is 12.2. The molecule has 1 aliphatic rings. The number of aromatic amines is 1. The summed E-state index contributed by atoms with van der Waals surface area (Å²) in [7, 11) is 1.65. The highest BCUT2D eigenvalue weighted by Gasteiger charge is 2.25. The van der Waals surface area contributed by atoms with Crippen LogP contribution in [0.15, 0.2) is 30.5 Å². The Bertz CT molecular complexity index is 659. The number of para-hydroxylation sites is 1. The summed E-state index contributed by atoms with van der Waals surface area (Å²) in [6.07, 6.45) is 4.15. The number of aromatic nitrogens is 1. The van der Waals surface area contributed by atoms with E-state index in [0.29, 0.717) is 12.5 Å². The minimum absolute atomic E-state index is 0.0203. The Morgan fingerprint density at radius 3 is 2.87 bits per heavy atom. The lowest BCUT2D eigenvalue weighted by atomic mass is 9.89. The molecule has 1 unspecified atom stereocenters. The summed E-state index contributed by atoms with van der Waals surface area (Å²) in [5, 5.41) is 4.29. The number of nitrogens with zero attached hydrogens (tertiary/aromatic N) is 1. The van der Waals surface area contributed by atoms with Gasteiger partial charge in [0, 0.05) is 37.3 Å². The van der Waals surface area contributed by atoms with E-state index in [1.807, 2.05) is 11.8 Å². The number of hydrogen-bond donors (Lipinski definition) is 2. The van der Waals surface area contributed by atoms with Crippen molar-refractivity contribution in [1.29, 1.82) is 0 Å². The molecule has 2 N–H and O–H groups in total. The molecule has 2 heterocycles. The molecule has 0 saturated carbocycles. The minimum atomic E-state index is 0.0203. The molecule has 2 aromatic rings. The van der Waals surface area contributed by atoms with Crippen LogP contribution in [-0.4, -0.2) is 48.8 Å². The highest BCUT2D eigenvalue weighted by molar-refractivity contribution is 5.83. The number of methoxy groups -OCH3 is 1. The van der Waals surface area contributed by atoms with E-state index >= 15 is 0 Å². The predicted octanol–water partition coefficient (Wildman–Crippen LogP) is 3.09. The van der Waals surface area contributed by atoms with Gasteiger partial charge in [-0.1, -0.05) is 18.2 Å². The third kappa shape index (κ3) is 3.50. The van der Waals surface area contributed by atoms with Gasteiger partial charge in [-0.05, 0) is 37.3 Å². The molecule has 23 heavy (non-hydrogen) atoms. The fourth-order valence-corrected chi connectivity index (χ4v) is 3.42. The zero-order valence-electron chi connectivity index (χ0n) is 13.8. The van der Waals surface area contributed by atoms with Gasteiger partial charge in [-0.15, -0.1) is 0 Å². The summed E-state index contributed by atoms with van der Waals surface area (Å²) in [5.74, 6) is 0.520. The molecule has 5 nitrogen and oxygen atoms in total. The number of carbonyl (C=O) groups is 1. The number of urea groups is 1. The van der Waals surface area contributed by atoms with Gasteiger partial charge in [-0.25, -0.2) is 4.79 Å². The number of H-pyrrole nitrogens is 1. The summed E-state index contributed by atoms with van der Waals surface area (Å²) in [4.78, 5) is 17.5. The molecule has 1 aromatic heterocycles. The molecule has 1 aromatic carbocycles. The smallest absolute Gasteiger partial charge is 0.317 e. The first-order valence-electron chi connectivity index (χ1n) is 8.29. The Kier molecular flexibility index (Phi) is 4.86. The first-order valence-corrected chi connectivity index (χ1v) is 8.29. The number of nitrogens with one attached hydrogen (secondary N) is 2. The summed E-state index contributed by atoms with van der Waals surface area (Å²) in [5.41, 5.74) is 2.57. The van der Waals surface area contributed by atoms with Crippen molar-refractivity contribution in [1.82, 2.24) is 15.2 Å². The standard InChI is InChI=1S/C18H25N3O2/c1-13(12-23-2)20-18(22)21-9-7-14(8-10-21)16-11-19-17-6-4-3-5-15(16)17/h3-6,11,13-14,19H,7-10,12H2,1-2H3,(H,20,22). The van der Waals surface area contributed by atoms with Crippen molar-refractivity contribution in [3.8, 4) is 0 Å². The number of ether oxygens (including phenoxy) is 1. The quantitative estimate of drug-likeness (QED) is 0.911. The number of hydrogen-bond acceptors (Lipinski definition) is 2. The molecule has 3 rings (SSSR count). The number of benzene rings is 1. The van der Waals surface area contributed by atoms with Gasteiger partial charge < -0.3 is 19.9 Å². The number of carbonyl (C=O) groups excluding carboxylic acids is 1. The van der Waals surface area contributed by atoms with E-state index in [9.17, 15) is 4.79 Å². The van der Waals surface area contributed by atoms with E-state index in [-0.39, 0.29) is 12.1 Å². The van der Waals surface area contributed by atoms with E-state index in [1.54, 1.807) is 7.11 Å². The zero-order valence-corrected chi connectivity index (χ0v) is 13.8. The predicted molar refractivity (Wildman–Crippen MR) is 91.7 cm³/mol. The van der Waals surface area contributed by atoms with E-state index < -0.39 is 0 Å². The van der Waals surface area contributed by atoms with Crippen LogP contribution >= 0.6 is 0 Å². The van der Waals surface area contributed by atoms with Gasteiger partial charge in [0.05, 0.1) is 12.6 Å². The molecule has 1 aliphatic heterocycles. The second kappa shape index (κ2) is 7.04. The molecule has 1 atom stereocenters. The van der Waals surface area contributed by atoms with Crippen molar-refractivity contribution in [2.45, 2.75) is 31.7 Å². The Morgan fingerprint density at radius 2 is 2.13 bits per heavy atom. The molecule has 124 valence electrons. The highest BCUT2D eigenvalue weighted by Crippen LogP contribution is 2.33. The fourth-order valence-electron chi connectivity index (χ4n) is 3.42. The summed E-state index contributed by atoms with van der Waals surface area (Å²) < 4.78 is 5.06. The van der Waals surface area contributed by atoms with E-state index in [0.717, 1.165) is 25.9 Å². The van der Waals surface area contributed by atoms with Crippen LogP contribution in [0, 0.1) is 0 Å². The molecule has 0 spiro atoms. The normalized spacial score (nSPS) is 17.4. The maximum absolute atomic E-state index is 12.2. The van der Waals surface area contributed by atoms with Crippen molar-refractivity contribution in [2.24, 2.45) is 0 Å². The van der Waals surface area contributed by atoms with Gasteiger partial charge in [-0.3, -0.25) is 0 Å². The molecule has 5 heteroatoms. The summed E-state index contributed by atoms with van der Waals surface area (Å²) in [6, 6.07) is 8.48. The van der Waals surface area contributed by atoms with Gasteiger partial charge in [0.2, 0.25) is 0 Å². The van der Waals surface area contributed by atoms with Crippen molar-refractivity contribution in [2.75, 3.05) is 26.8 Å². The first kappa shape index (κ1) is 15.9. The Morgan fingerprint density at radius 1 is 1.39 bits per heavy atom. The lowest BCUT2D eigenvalue weighted by Crippen LogP contribution is -2.47. The third-order valence-corrected chi connectivity index (χ3v) is 4.63. The van der Waals surface area contributed by atoms with Crippen molar-refractivity contribution in [3.63, 3.8) is 0 Å². The molecule has 0 aliphatic carbocycles. The molecule has 0 bridgehead atoms. The molecular formula is C18H25N3O2. The third-order valence-electron chi connectivity index (χ3n) is 4.63. The summed E-state index contributed by atoms with van der Waals surface area (Å²) in [6.45, 7) is 4.10. The van der Waals surface area contributed by atoms with Crippen molar-refractivity contribution >= 4 is 16.9 Å². The van der Waals surface area contributed by atoms with Crippen LogP contribution in [-0.2, 0) is 4.74 Å². The number of likely N-dealkylation sites (tertiary alicyclic amines) is 1. The molecule has 1 fully saturated rings. The Hall–Kier alpha value is -2.01. The number of amides is 2. The molecule has 2 amide bonds. The minimum Gasteiger partial charge on any atom is -0.383 e. The van der Waals surface area contributed by atoms with Crippen LogP contribution in [0.1, 0.15) is 31.2 Å². The van der Waals surface area contributed by atoms with Crippen LogP contribution in [0.4, 0.5) is 4.79 Å². The topological polar surface area (TPSA) is 57.4 Å². The fraction of sp³-hybridized carbons (Fsp3) is 0.500. The highest BCUT2D eigenvalue weighted by atomic mass is 16.5. The maximum Gasteiger partial charge on any atom is 0.317 e. The van der Waals surface area contributed by atoms with Crippen LogP contribution in [0.2, 0.25) is 0 Å². The van der Waals surface area contributed by atoms with Crippen molar-refractivity contribution < 1.29 is 9.53 Å². The van der Waals surface area contributed by atoms with Crippen LogP contribution in [0.5, 0.6) is 0 Å². The average molecular weight is 315 g/mol. The van der Waals surface area contributed by atoms with Crippen LogP contribution in [0.25, 0.3) is 10.9 Å². The second-order valence-electron chi connectivity index (χ2n) is 6.36. The van der Waals surface area contributed by atoms with Crippen molar-refractivity contribution in [3.05, 3.63) is 36.0 Å². The Balaban J connectivity index is 1.59. The second-order valence-corrected chi connectivity index (χ2v) is 6.36. The van der Waals surface area contributed by atoms with E-state index in [1.165, 1.54) is 16.5 Å². The molecule has 1 saturated heterocycles. The van der Waals surface area contributed by atoms with Gasteiger partial charge in [-0.2, -0.15) is 0 Å². The van der Waals surface area contributed by atoms with Crippen LogP contribution < -0.4 is 5.32 Å². The average Bonchev–Trinajstić information content (AvgIpc) is 2.99. The van der Waals surface area contributed by atoms with E-state index in [2.05, 4.69) is 40.8 Å². The summed E-state index contributed by atoms with van der Waals surface area (Å²) >= 11 is 0. The lowest BCUT2D eigenvalue weighted by Gasteiger charge is -2.32. The molecular weight excluding hydrogens is 290 g/mol. The van der Waals surface area contributed by atoms with Crippen LogP contribution in [0.3, 0.4) is 0 Å². The number of piperidine rings is 1. The number of rotatable bonds is 4. The number of fused-ring (bicyclic) bond motifs is 1. The largest absolute Gasteiger partial charge is 0.383 e. The van der Waals surface area contributed by atoms with Gasteiger partial charge in [0.25, 0.3) is 0 Å². The SMILES string of the molecule is COCC(C)NC(=O)N1CCC(c2c[nH]c3ccccc23)CC1. The van der Waals surface area contributed by atoms with Gasteiger partial charge in [0.1, 0.15) is 0 Å². The van der Waals surface area contributed by atoms with Gasteiger partial charge >= 0.3 is 6.03 Å². The van der Waals surface area contributed by atoms with E-state index in [4.69, 9.17) is 4.74 Å². The monoisotopic (exact) mass is 315 g/mol.